The third-order valence-corrected chi connectivity index (χ3v) is 2.65. The van der Waals surface area contributed by atoms with Gasteiger partial charge in [-0.15, -0.1) is 0 Å². The van der Waals surface area contributed by atoms with Gasteiger partial charge in [0.2, 0.25) is 0 Å². The van der Waals surface area contributed by atoms with Crippen LogP contribution in [0.25, 0.3) is 0 Å². The zero-order valence-corrected chi connectivity index (χ0v) is 11.3. The highest BCUT2D eigenvalue weighted by Gasteiger charge is 2.14. The van der Waals surface area contributed by atoms with E-state index in [2.05, 4.69) is 22.2 Å². The summed E-state index contributed by atoms with van der Waals surface area (Å²) >= 11 is 0. The van der Waals surface area contributed by atoms with Crippen molar-refractivity contribution < 1.29 is 4.74 Å². The minimum atomic E-state index is 0.0289. The van der Waals surface area contributed by atoms with Crippen LogP contribution in [0, 0.1) is 6.92 Å². The summed E-state index contributed by atoms with van der Waals surface area (Å²) in [5.41, 5.74) is 2.17. The molecule has 0 radical (unpaired) electrons. The lowest BCUT2D eigenvalue weighted by Crippen LogP contribution is -2.14. The van der Waals surface area contributed by atoms with Gasteiger partial charge in [0, 0.05) is 19.3 Å². The average molecular weight is 237 g/mol. The molecule has 1 atom stereocenters. The molecule has 0 aliphatic carbocycles. The zero-order chi connectivity index (χ0) is 12.7. The monoisotopic (exact) mass is 237 g/mol. The van der Waals surface area contributed by atoms with Crippen LogP contribution in [-0.4, -0.2) is 23.6 Å². The molecule has 1 N–H and O–H groups in total. The Labute approximate surface area is 104 Å². The number of aryl methyl sites for hydroxylation is 1. The van der Waals surface area contributed by atoms with Crippen LogP contribution in [0.3, 0.4) is 0 Å². The maximum atomic E-state index is 5.70. The van der Waals surface area contributed by atoms with E-state index in [9.17, 15) is 0 Å². The quantitative estimate of drug-likeness (QED) is 0.791. The topological polar surface area (TPSA) is 47.0 Å². The van der Waals surface area contributed by atoms with E-state index < -0.39 is 0 Å². The Bertz CT molecular complexity index is 335. The van der Waals surface area contributed by atoms with Crippen LogP contribution in [0.1, 0.15) is 49.9 Å². The molecule has 4 heteroatoms. The van der Waals surface area contributed by atoms with Gasteiger partial charge in [0.15, 0.2) is 5.82 Å². The maximum Gasteiger partial charge on any atom is 0.157 e. The van der Waals surface area contributed by atoms with E-state index >= 15 is 0 Å². The highest BCUT2D eigenvalue weighted by Crippen LogP contribution is 2.20. The lowest BCUT2D eigenvalue weighted by atomic mass is 10.1. The number of hydrogen-bond acceptors (Lipinski definition) is 4. The van der Waals surface area contributed by atoms with Gasteiger partial charge in [-0.2, -0.15) is 0 Å². The molecule has 0 aromatic carbocycles. The number of rotatable bonds is 7. The summed E-state index contributed by atoms with van der Waals surface area (Å²) in [6.45, 7) is 7.65. The largest absolute Gasteiger partial charge is 0.371 e. The second-order valence-electron chi connectivity index (χ2n) is 4.12. The number of nitrogens with zero attached hydrogens (tertiary/aromatic N) is 2. The van der Waals surface area contributed by atoms with Gasteiger partial charge in [-0.05, 0) is 32.9 Å². The highest BCUT2D eigenvalue weighted by molar-refractivity contribution is 5.16. The highest BCUT2D eigenvalue weighted by atomic mass is 16.5. The van der Waals surface area contributed by atoms with E-state index in [0.717, 1.165) is 36.5 Å². The summed E-state index contributed by atoms with van der Waals surface area (Å²) in [5, 5.41) is 3.12. The molecule has 96 valence electrons. The Hall–Kier alpha value is -1.00. The molecule has 0 bridgehead atoms. The number of nitrogens with one attached hydrogen (secondary N) is 1. The van der Waals surface area contributed by atoms with Crippen LogP contribution in [-0.2, 0) is 11.3 Å². The number of hydrogen-bond donors (Lipinski definition) is 1. The van der Waals surface area contributed by atoms with Crippen molar-refractivity contribution in [2.24, 2.45) is 0 Å². The fourth-order valence-electron chi connectivity index (χ4n) is 1.74. The molecule has 17 heavy (non-hydrogen) atoms. The molecule has 0 saturated carbocycles. The lowest BCUT2D eigenvalue weighted by Gasteiger charge is -2.16. The van der Waals surface area contributed by atoms with Crippen LogP contribution in [0.5, 0.6) is 0 Å². The van der Waals surface area contributed by atoms with Crippen molar-refractivity contribution in [3.05, 3.63) is 23.3 Å². The van der Waals surface area contributed by atoms with Crippen LogP contribution in [0.2, 0.25) is 0 Å². The van der Waals surface area contributed by atoms with Crippen LogP contribution < -0.4 is 5.32 Å². The molecule has 1 heterocycles. The van der Waals surface area contributed by atoms with Gasteiger partial charge in [-0.3, -0.25) is 0 Å². The minimum Gasteiger partial charge on any atom is -0.371 e. The first-order chi connectivity index (χ1) is 8.22. The molecule has 1 rings (SSSR count). The molecule has 1 aromatic rings. The van der Waals surface area contributed by atoms with Gasteiger partial charge in [0.25, 0.3) is 0 Å². The Morgan fingerprint density at radius 3 is 2.76 bits per heavy atom. The molecule has 0 aliphatic rings. The van der Waals surface area contributed by atoms with Crippen molar-refractivity contribution in [1.82, 2.24) is 15.3 Å². The molecule has 1 unspecified atom stereocenters. The van der Waals surface area contributed by atoms with Gasteiger partial charge in [0.05, 0.1) is 5.69 Å². The number of aromatic nitrogens is 2. The van der Waals surface area contributed by atoms with Crippen LogP contribution in [0.4, 0.5) is 0 Å². The van der Waals surface area contributed by atoms with Crippen molar-refractivity contribution in [3.8, 4) is 0 Å². The summed E-state index contributed by atoms with van der Waals surface area (Å²) in [6, 6.07) is 0. The molecule has 0 fully saturated rings. The first-order valence-corrected chi connectivity index (χ1v) is 6.31. The fourth-order valence-corrected chi connectivity index (χ4v) is 1.74. The third kappa shape index (κ3) is 4.06. The average Bonchev–Trinajstić information content (AvgIpc) is 2.32. The van der Waals surface area contributed by atoms with E-state index in [-0.39, 0.29) is 6.10 Å². The smallest absolute Gasteiger partial charge is 0.157 e. The molecule has 1 aromatic heterocycles. The van der Waals surface area contributed by atoms with Crippen LogP contribution >= 0.6 is 0 Å². The number of ether oxygens (including phenoxy) is 1. The molecule has 0 aliphatic heterocycles. The Kier molecular flexibility index (Phi) is 6.08. The Balaban J connectivity index is 2.90. The van der Waals surface area contributed by atoms with Gasteiger partial charge in [-0.25, -0.2) is 9.97 Å². The summed E-state index contributed by atoms with van der Waals surface area (Å²) in [4.78, 5) is 9.00. The van der Waals surface area contributed by atoms with Gasteiger partial charge in [-0.1, -0.05) is 13.3 Å². The fraction of sp³-hybridized carbons (Fsp3) is 0.692. The first kappa shape index (κ1) is 14.1. The van der Waals surface area contributed by atoms with Crippen molar-refractivity contribution in [2.75, 3.05) is 13.7 Å². The van der Waals surface area contributed by atoms with E-state index in [1.807, 2.05) is 27.1 Å². The normalized spacial score (nSPS) is 12.7. The second-order valence-corrected chi connectivity index (χ2v) is 4.12. The lowest BCUT2D eigenvalue weighted by molar-refractivity contribution is 0.0491. The summed E-state index contributed by atoms with van der Waals surface area (Å²) in [6.07, 6.45) is 3.96. The zero-order valence-electron chi connectivity index (χ0n) is 11.3. The third-order valence-electron chi connectivity index (χ3n) is 2.65. The predicted molar refractivity (Wildman–Crippen MR) is 68.8 cm³/mol. The Morgan fingerprint density at radius 2 is 2.18 bits per heavy atom. The predicted octanol–water partition coefficient (Wildman–Crippen LogP) is 2.38. The molecule has 0 spiro atoms. The maximum absolute atomic E-state index is 5.70. The molecule has 0 amide bonds. The van der Waals surface area contributed by atoms with E-state index in [1.54, 1.807) is 0 Å². The van der Waals surface area contributed by atoms with Gasteiger partial charge < -0.3 is 10.1 Å². The molecule has 4 nitrogen and oxygen atoms in total. The van der Waals surface area contributed by atoms with Gasteiger partial charge in [0.1, 0.15) is 6.10 Å². The summed E-state index contributed by atoms with van der Waals surface area (Å²) in [7, 11) is 1.92. The van der Waals surface area contributed by atoms with E-state index in [0.29, 0.717) is 6.61 Å². The van der Waals surface area contributed by atoms with Gasteiger partial charge >= 0.3 is 0 Å². The summed E-state index contributed by atoms with van der Waals surface area (Å²) < 4.78 is 5.70. The van der Waals surface area contributed by atoms with E-state index in [4.69, 9.17) is 4.74 Å². The van der Waals surface area contributed by atoms with E-state index in [1.165, 1.54) is 0 Å². The molecule has 0 saturated heterocycles. The second kappa shape index (κ2) is 7.35. The first-order valence-electron chi connectivity index (χ1n) is 6.31. The Morgan fingerprint density at radius 1 is 1.41 bits per heavy atom. The standard InChI is InChI=1S/C13H23N3O/c1-5-7-12(17-6-2)13-15-8-10(3)11(16-13)9-14-4/h8,12,14H,5-7,9H2,1-4H3. The molecular weight excluding hydrogens is 214 g/mol. The van der Waals surface area contributed by atoms with Crippen LogP contribution in [0.15, 0.2) is 6.20 Å². The van der Waals surface area contributed by atoms with Crippen molar-refractivity contribution in [3.63, 3.8) is 0 Å². The van der Waals surface area contributed by atoms with Crippen molar-refractivity contribution in [2.45, 2.75) is 46.3 Å². The van der Waals surface area contributed by atoms with Crippen molar-refractivity contribution >= 4 is 0 Å². The SMILES string of the molecule is CCCC(OCC)c1ncc(C)c(CNC)n1. The van der Waals surface area contributed by atoms with Crippen molar-refractivity contribution in [1.29, 1.82) is 0 Å². The molecular formula is C13H23N3O. The minimum absolute atomic E-state index is 0.0289. The summed E-state index contributed by atoms with van der Waals surface area (Å²) in [5.74, 6) is 0.810.